The molecule has 1 saturated heterocycles. The van der Waals surface area contributed by atoms with Gasteiger partial charge in [-0.1, -0.05) is 144 Å². The van der Waals surface area contributed by atoms with Gasteiger partial charge in [-0.25, -0.2) is 0 Å². The molecule has 0 radical (unpaired) electrons. The molecule has 0 saturated carbocycles. The number of rotatable bonds is 7. The standard InChI is InChI=1S/C16H17NO.C9H18.5C2H6/c1-13-2-4-14(5-3-13)12-15-6-8-16(9-7-15)18-17-10-11-17;1-5-9(6-2)7-8(3)4;5*1-2/h2-9H,10-12H2,1H3;5,8H,6-7H2,1-4H3;5*1-2H3/b;9-5-;;;;;. The van der Waals surface area contributed by atoms with E-state index in [0.29, 0.717) is 0 Å². The van der Waals surface area contributed by atoms with Crippen LogP contribution in [0.15, 0.2) is 60.2 Å². The summed E-state index contributed by atoms with van der Waals surface area (Å²) in [6.45, 7) is 33.1. The molecule has 37 heavy (non-hydrogen) atoms. The number of benzene rings is 2. The largest absolute Gasteiger partial charge is 0.406 e. The minimum Gasteiger partial charge on any atom is -0.406 e. The highest BCUT2D eigenvalue weighted by Crippen LogP contribution is 2.18. The molecule has 3 rings (SSSR count). The van der Waals surface area contributed by atoms with E-state index in [4.69, 9.17) is 4.84 Å². The number of hydrogen-bond donors (Lipinski definition) is 0. The number of allylic oxidation sites excluding steroid dienone is 2. The first-order valence-electron chi connectivity index (χ1n) is 15.2. The minimum atomic E-state index is 0.816. The zero-order chi connectivity index (χ0) is 29.6. The van der Waals surface area contributed by atoms with Crippen molar-refractivity contribution in [1.29, 1.82) is 0 Å². The Balaban J connectivity index is -0.000000244. The third kappa shape index (κ3) is 25.4. The molecule has 2 aromatic rings. The lowest BCUT2D eigenvalue weighted by atomic mass is 10.0. The van der Waals surface area contributed by atoms with E-state index >= 15 is 0 Å². The highest BCUT2D eigenvalue weighted by atomic mass is 16.7. The van der Waals surface area contributed by atoms with Crippen LogP contribution in [0.1, 0.15) is 126 Å². The molecule has 1 heterocycles. The molecule has 0 atom stereocenters. The van der Waals surface area contributed by atoms with Gasteiger partial charge in [0.1, 0.15) is 5.75 Å². The summed E-state index contributed by atoms with van der Waals surface area (Å²) in [5, 5.41) is 1.94. The molecule has 1 fully saturated rings. The van der Waals surface area contributed by atoms with Gasteiger partial charge in [-0.2, -0.15) is 0 Å². The molecule has 0 aromatic heterocycles. The van der Waals surface area contributed by atoms with Crippen LogP contribution in [-0.2, 0) is 6.42 Å². The van der Waals surface area contributed by atoms with Crippen molar-refractivity contribution in [3.63, 3.8) is 0 Å². The molecule has 2 heteroatoms. The molecule has 1 aliphatic heterocycles. The Bertz CT molecular complexity index is 695. The van der Waals surface area contributed by atoms with Crippen LogP contribution < -0.4 is 4.84 Å². The monoisotopic (exact) mass is 516 g/mol. The van der Waals surface area contributed by atoms with Gasteiger partial charge in [-0.05, 0) is 62.3 Å². The molecule has 216 valence electrons. The second kappa shape index (κ2) is 32.0. The van der Waals surface area contributed by atoms with Crippen molar-refractivity contribution < 1.29 is 4.84 Å². The van der Waals surface area contributed by atoms with Crippen molar-refractivity contribution in [2.24, 2.45) is 5.92 Å². The summed E-state index contributed by atoms with van der Waals surface area (Å²) in [5.41, 5.74) is 5.56. The van der Waals surface area contributed by atoms with Crippen molar-refractivity contribution in [1.82, 2.24) is 5.06 Å². The highest BCUT2D eigenvalue weighted by Gasteiger charge is 2.19. The smallest absolute Gasteiger partial charge is 0.147 e. The van der Waals surface area contributed by atoms with Crippen LogP contribution in [0.5, 0.6) is 5.75 Å². The van der Waals surface area contributed by atoms with Crippen molar-refractivity contribution in [3.8, 4) is 5.75 Å². The summed E-state index contributed by atoms with van der Waals surface area (Å²) in [6.07, 6.45) is 5.70. The second-order valence-electron chi connectivity index (χ2n) is 7.73. The van der Waals surface area contributed by atoms with Crippen molar-refractivity contribution in [2.45, 2.75) is 123 Å². The van der Waals surface area contributed by atoms with Crippen LogP contribution in [0.4, 0.5) is 0 Å². The average Bonchev–Trinajstić information content (AvgIpc) is 3.79. The Morgan fingerprint density at radius 1 is 0.757 bits per heavy atom. The highest BCUT2D eigenvalue weighted by molar-refractivity contribution is 5.32. The Morgan fingerprint density at radius 2 is 1.16 bits per heavy atom. The predicted molar refractivity (Wildman–Crippen MR) is 173 cm³/mol. The number of nitrogens with zero attached hydrogens (tertiary/aromatic N) is 1. The summed E-state index contributed by atoms with van der Waals surface area (Å²) >= 11 is 0. The Labute approximate surface area is 234 Å². The van der Waals surface area contributed by atoms with Gasteiger partial charge in [-0.15, -0.1) is 5.06 Å². The van der Waals surface area contributed by atoms with Gasteiger partial charge in [-0.3, -0.25) is 0 Å². The van der Waals surface area contributed by atoms with Gasteiger partial charge in [0.2, 0.25) is 0 Å². The lowest BCUT2D eigenvalue weighted by molar-refractivity contribution is 0.0693. The van der Waals surface area contributed by atoms with Gasteiger partial charge in [0.05, 0.1) is 13.1 Å². The van der Waals surface area contributed by atoms with E-state index in [9.17, 15) is 0 Å². The second-order valence-corrected chi connectivity index (χ2v) is 7.73. The Morgan fingerprint density at radius 3 is 1.46 bits per heavy atom. The predicted octanol–water partition coefficient (Wildman–Crippen LogP) is 11.7. The molecule has 2 nitrogen and oxygen atoms in total. The molecule has 0 bridgehead atoms. The van der Waals surface area contributed by atoms with E-state index < -0.39 is 0 Å². The SMILES string of the molecule is C/C=C(/CC)CC(C)C.CC.CC.CC.CC.CC.Cc1ccc(Cc2ccc(ON3CC3)cc2)cc1. The van der Waals surface area contributed by atoms with Gasteiger partial charge in [0, 0.05) is 0 Å². The van der Waals surface area contributed by atoms with E-state index in [1.807, 2.05) is 86.4 Å². The Kier molecular flexibility index (Phi) is 36.3. The normalized spacial score (nSPS) is 11.0. The van der Waals surface area contributed by atoms with E-state index in [1.165, 1.54) is 29.5 Å². The van der Waals surface area contributed by atoms with Crippen LogP contribution in [0.3, 0.4) is 0 Å². The number of hydrogen-bond acceptors (Lipinski definition) is 2. The van der Waals surface area contributed by atoms with Gasteiger partial charge < -0.3 is 4.84 Å². The minimum absolute atomic E-state index is 0.816. The Hall–Kier alpha value is -2.06. The fourth-order valence-electron chi connectivity index (χ4n) is 2.88. The van der Waals surface area contributed by atoms with Crippen LogP contribution in [0, 0.1) is 12.8 Å². The zero-order valence-electron chi connectivity index (χ0n) is 27.7. The molecular weight excluding hydrogens is 450 g/mol. The fourth-order valence-corrected chi connectivity index (χ4v) is 2.88. The maximum Gasteiger partial charge on any atom is 0.147 e. The van der Waals surface area contributed by atoms with Crippen LogP contribution in [0.25, 0.3) is 0 Å². The van der Waals surface area contributed by atoms with Crippen molar-refractivity contribution in [2.75, 3.05) is 13.1 Å². The summed E-state index contributed by atoms with van der Waals surface area (Å²) in [4.78, 5) is 5.58. The first-order valence-corrected chi connectivity index (χ1v) is 15.2. The molecule has 0 N–H and O–H groups in total. The lowest BCUT2D eigenvalue weighted by Gasteiger charge is -2.06. The van der Waals surface area contributed by atoms with Crippen LogP contribution >= 0.6 is 0 Å². The maximum atomic E-state index is 5.58. The molecule has 1 aliphatic rings. The van der Waals surface area contributed by atoms with E-state index in [2.05, 4.69) is 77.1 Å². The zero-order valence-corrected chi connectivity index (χ0v) is 27.7. The first-order chi connectivity index (χ1) is 18.0. The number of hydroxylamine groups is 2. The molecule has 2 aromatic carbocycles. The van der Waals surface area contributed by atoms with E-state index in [-0.39, 0.29) is 0 Å². The van der Waals surface area contributed by atoms with Crippen molar-refractivity contribution in [3.05, 3.63) is 76.9 Å². The average molecular weight is 516 g/mol. The maximum absolute atomic E-state index is 5.58. The third-order valence-electron chi connectivity index (χ3n) is 4.63. The van der Waals surface area contributed by atoms with Gasteiger partial charge in [0.15, 0.2) is 0 Å². The topological polar surface area (TPSA) is 12.2 Å². The van der Waals surface area contributed by atoms with Gasteiger partial charge >= 0.3 is 0 Å². The molecule has 0 aliphatic carbocycles. The van der Waals surface area contributed by atoms with Crippen LogP contribution in [-0.4, -0.2) is 18.2 Å². The fraction of sp³-hybridized carbons (Fsp3) is 0.600. The lowest BCUT2D eigenvalue weighted by Crippen LogP contribution is -2.01. The number of aryl methyl sites for hydroxylation is 1. The van der Waals surface area contributed by atoms with Gasteiger partial charge in [0.25, 0.3) is 0 Å². The van der Waals surface area contributed by atoms with E-state index in [0.717, 1.165) is 31.2 Å². The summed E-state index contributed by atoms with van der Waals surface area (Å²) < 4.78 is 0. The molecule has 0 spiro atoms. The van der Waals surface area contributed by atoms with Crippen molar-refractivity contribution >= 4 is 0 Å². The first kappa shape index (κ1) is 42.0. The molecule has 0 unspecified atom stereocenters. The molecular formula is C35H65NO. The summed E-state index contributed by atoms with van der Waals surface area (Å²) in [5.74, 6) is 1.75. The quantitative estimate of drug-likeness (QED) is 0.268. The van der Waals surface area contributed by atoms with E-state index in [1.54, 1.807) is 5.57 Å². The van der Waals surface area contributed by atoms with Crippen LogP contribution in [0.2, 0.25) is 0 Å². The third-order valence-corrected chi connectivity index (χ3v) is 4.63. The molecule has 0 amide bonds. The summed E-state index contributed by atoms with van der Waals surface area (Å²) in [7, 11) is 0. The summed E-state index contributed by atoms with van der Waals surface area (Å²) in [6, 6.07) is 17.1.